The van der Waals surface area contributed by atoms with Gasteiger partial charge in [-0.2, -0.15) is 0 Å². The molecule has 2 aromatic carbocycles. The summed E-state index contributed by atoms with van der Waals surface area (Å²) in [6.45, 7) is 0.379. The number of hydrogen-bond donors (Lipinski definition) is 2. The molecule has 2 unspecified atom stereocenters. The molecule has 7 nitrogen and oxygen atoms in total. The van der Waals surface area contributed by atoms with E-state index in [2.05, 4.69) is 5.32 Å². The van der Waals surface area contributed by atoms with Gasteiger partial charge in [0.2, 0.25) is 12.7 Å². The Hall–Kier alpha value is -3.20. The maximum absolute atomic E-state index is 14.6. The number of carboxylic acids is 1. The number of aromatic carboxylic acids is 1. The Balaban J connectivity index is 1.26. The molecule has 0 spiro atoms. The van der Waals surface area contributed by atoms with Crippen LogP contribution in [0.15, 0.2) is 42.5 Å². The van der Waals surface area contributed by atoms with Crippen molar-refractivity contribution in [1.29, 1.82) is 0 Å². The fourth-order valence-corrected chi connectivity index (χ4v) is 4.50. The van der Waals surface area contributed by atoms with Gasteiger partial charge < -0.3 is 24.6 Å². The van der Waals surface area contributed by atoms with Gasteiger partial charge in [0.05, 0.1) is 17.6 Å². The molecule has 0 aromatic heterocycles. The fourth-order valence-electron chi connectivity index (χ4n) is 4.50. The lowest BCUT2D eigenvalue weighted by Gasteiger charge is -2.30. The first-order valence-electron chi connectivity index (χ1n) is 10.4. The summed E-state index contributed by atoms with van der Waals surface area (Å²) in [5, 5.41) is 11.9. The number of hydrogen-bond acceptors (Lipinski definition) is 5. The summed E-state index contributed by atoms with van der Waals surface area (Å²) >= 11 is 0. The number of ether oxygens (including phenoxy) is 3. The number of amides is 1. The molecular weight excluding hydrogens is 424 g/mol. The second-order valence-electron chi connectivity index (χ2n) is 8.26. The van der Waals surface area contributed by atoms with Gasteiger partial charge in [-0.25, -0.2) is 13.6 Å². The van der Waals surface area contributed by atoms with Gasteiger partial charge in [0.25, 0.3) is 5.92 Å². The molecule has 168 valence electrons. The van der Waals surface area contributed by atoms with E-state index in [9.17, 15) is 23.5 Å². The predicted molar refractivity (Wildman–Crippen MR) is 107 cm³/mol. The highest BCUT2D eigenvalue weighted by Gasteiger charge is 2.72. The van der Waals surface area contributed by atoms with Gasteiger partial charge in [0, 0.05) is 12.6 Å². The summed E-state index contributed by atoms with van der Waals surface area (Å²) in [6, 6.07) is 10.7. The third-order valence-electron chi connectivity index (χ3n) is 6.23. The first-order valence-corrected chi connectivity index (χ1v) is 10.4. The van der Waals surface area contributed by atoms with Crippen molar-refractivity contribution in [2.75, 3.05) is 13.4 Å². The molecule has 2 aromatic rings. The highest BCUT2D eigenvalue weighted by Crippen LogP contribution is 2.62. The van der Waals surface area contributed by atoms with Crippen molar-refractivity contribution in [3.8, 4) is 11.5 Å². The number of nitrogens with one attached hydrogen (secondary N) is 1. The highest BCUT2D eigenvalue weighted by molar-refractivity contribution is 5.87. The van der Waals surface area contributed by atoms with Gasteiger partial charge in [-0.15, -0.1) is 0 Å². The molecule has 3 aliphatic rings. The highest BCUT2D eigenvalue weighted by atomic mass is 19.3. The number of benzene rings is 2. The van der Waals surface area contributed by atoms with Crippen molar-refractivity contribution in [1.82, 2.24) is 5.32 Å². The van der Waals surface area contributed by atoms with Crippen LogP contribution in [0.3, 0.4) is 0 Å². The van der Waals surface area contributed by atoms with E-state index >= 15 is 0 Å². The third-order valence-corrected chi connectivity index (χ3v) is 6.23. The average molecular weight is 445 g/mol. The Kier molecular flexibility index (Phi) is 5.00. The van der Waals surface area contributed by atoms with E-state index in [-0.39, 0.29) is 18.4 Å². The Bertz CT molecular complexity index is 1070. The zero-order valence-corrected chi connectivity index (χ0v) is 16.9. The maximum Gasteiger partial charge on any atom is 0.335 e. The summed E-state index contributed by atoms with van der Waals surface area (Å²) in [6.07, 6.45) is 0.452. The summed E-state index contributed by atoms with van der Waals surface area (Å²) in [5.41, 5.74) is 1.16. The second kappa shape index (κ2) is 7.74. The molecule has 1 saturated carbocycles. The Morgan fingerprint density at radius 3 is 2.69 bits per heavy atom. The van der Waals surface area contributed by atoms with Crippen LogP contribution in [-0.4, -0.2) is 42.3 Å². The van der Waals surface area contributed by atoms with Crippen molar-refractivity contribution in [2.24, 2.45) is 5.92 Å². The van der Waals surface area contributed by atoms with Crippen molar-refractivity contribution < 1.29 is 37.7 Å². The van der Waals surface area contributed by atoms with E-state index in [0.29, 0.717) is 42.1 Å². The Morgan fingerprint density at radius 2 is 1.88 bits per heavy atom. The van der Waals surface area contributed by atoms with Crippen LogP contribution in [0.1, 0.15) is 46.3 Å². The van der Waals surface area contributed by atoms with Gasteiger partial charge in [-0.1, -0.05) is 18.2 Å². The molecule has 1 saturated heterocycles. The topological polar surface area (TPSA) is 94.1 Å². The van der Waals surface area contributed by atoms with Crippen LogP contribution in [0.4, 0.5) is 8.78 Å². The van der Waals surface area contributed by atoms with Crippen LogP contribution in [-0.2, 0) is 9.53 Å². The first-order chi connectivity index (χ1) is 15.3. The maximum atomic E-state index is 14.6. The molecule has 0 radical (unpaired) electrons. The molecule has 2 N–H and O–H groups in total. The molecule has 2 heterocycles. The van der Waals surface area contributed by atoms with Crippen LogP contribution in [0.25, 0.3) is 0 Å². The van der Waals surface area contributed by atoms with Crippen LogP contribution < -0.4 is 14.8 Å². The monoisotopic (exact) mass is 445 g/mol. The van der Waals surface area contributed by atoms with Crippen LogP contribution >= 0.6 is 0 Å². The first kappa shape index (κ1) is 20.7. The minimum atomic E-state index is -3.14. The fraction of sp³-hybridized carbons (Fsp3) is 0.391. The second-order valence-corrected chi connectivity index (χ2v) is 8.26. The molecule has 9 heteroatoms. The molecule has 1 aliphatic carbocycles. The Morgan fingerprint density at radius 1 is 1.06 bits per heavy atom. The third kappa shape index (κ3) is 3.66. The van der Waals surface area contributed by atoms with Crippen LogP contribution in [0.2, 0.25) is 0 Å². The number of halogens is 2. The summed E-state index contributed by atoms with van der Waals surface area (Å²) < 4.78 is 45.3. The van der Waals surface area contributed by atoms with Gasteiger partial charge in [0.15, 0.2) is 11.5 Å². The smallest absolute Gasteiger partial charge is 0.335 e. The van der Waals surface area contributed by atoms with E-state index in [1.807, 2.05) is 0 Å². The minimum absolute atomic E-state index is 0.0457. The van der Waals surface area contributed by atoms with Gasteiger partial charge >= 0.3 is 5.97 Å². The SMILES string of the molecule is O=C(O)c1cccc([C@H]2C[C@@H](NC(=O)C3C(c4ccc5c(c4)OCO5)C3(F)F)CCO2)c1. The summed E-state index contributed by atoms with van der Waals surface area (Å²) in [7, 11) is 0. The summed E-state index contributed by atoms with van der Waals surface area (Å²) in [4.78, 5) is 23.9. The van der Waals surface area contributed by atoms with Crippen molar-refractivity contribution in [3.63, 3.8) is 0 Å². The number of fused-ring (bicyclic) bond motifs is 1. The van der Waals surface area contributed by atoms with E-state index < -0.39 is 35.7 Å². The van der Waals surface area contributed by atoms with E-state index in [4.69, 9.17) is 14.2 Å². The van der Waals surface area contributed by atoms with Crippen LogP contribution in [0.5, 0.6) is 11.5 Å². The van der Waals surface area contributed by atoms with Crippen molar-refractivity contribution in [3.05, 3.63) is 59.2 Å². The van der Waals surface area contributed by atoms with Crippen LogP contribution in [0, 0.1) is 5.92 Å². The average Bonchev–Trinajstić information content (AvgIpc) is 3.11. The molecule has 0 bridgehead atoms. The lowest BCUT2D eigenvalue weighted by Crippen LogP contribution is -2.41. The van der Waals surface area contributed by atoms with Crippen molar-refractivity contribution in [2.45, 2.75) is 36.8 Å². The van der Waals surface area contributed by atoms with Crippen molar-refractivity contribution >= 4 is 11.9 Å². The molecule has 32 heavy (non-hydrogen) atoms. The molecule has 5 rings (SSSR count). The summed E-state index contributed by atoms with van der Waals surface area (Å²) in [5.74, 6) is -6.63. The number of carbonyl (C=O) groups excluding carboxylic acids is 1. The van der Waals surface area contributed by atoms with Gasteiger partial charge in [-0.3, -0.25) is 4.79 Å². The molecule has 2 aliphatic heterocycles. The zero-order valence-electron chi connectivity index (χ0n) is 16.9. The molecular formula is C23H21F2NO6. The van der Waals surface area contributed by atoms with Gasteiger partial charge in [0.1, 0.15) is 5.92 Å². The standard InChI is InChI=1S/C23H21F2NO6/c24-23(25)19(13-4-5-16-18(9-13)32-11-31-16)20(23)21(27)26-15-6-7-30-17(10-15)12-2-1-3-14(8-12)22(28)29/h1-5,8-9,15,17,19-20H,6-7,10-11H2,(H,26,27)(H,28,29)/t15-,17+,19?,20?/m0/s1. The Labute approximate surface area is 182 Å². The normalized spacial score (nSPS) is 27.6. The lowest BCUT2D eigenvalue weighted by atomic mass is 9.96. The quantitative estimate of drug-likeness (QED) is 0.732. The largest absolute Gasteiger partial charge is 0.478 e. The van der Waals surface area contributed by atoms with E-state index in [0.717, 1.165) is 0 Å². The van der Waals surface area contributed by atoms with E-state index in [1.165, 1.54) is 18.2 Å². The molecule has 4 atom stereocenters. The zero-order chi connectivity index (χ0) is 22.5. The molecule has 1 amide bonds. The minimum Gasteiger partial charge on any atom is -0.478 e. The van der Waals surface area contributed by atoms with Gasteiger partial charge in [-0.05, 0) is 48.2 Å². The number of alkyl halides is 2. The number of rotatable bonds is 5. The number of carbonyl (C=O) groups is 2. The molecule has 2 fully saturated rings. The lowest BCUT2D eigenvalue weighted by molar-refractivity contribution is -0.126. The number of carboxylic acid groups (broad SMARTS) is 1. The predicted octanol–water partition coefficient (Wildman–Crippen LogP) is 3.50. The van der Waals surface area contributed by atoms with E-state index in [1.54, 1.807) is 24.3 Å².